The Kier molecular flexibility index (Phi) is 5.96. The van der Waals surface area contributed by atoms with Crippen molar-refractivity contribution in [1.29, 1.82) is 0 Å². The van der Waals surface area contributed by atoms with Crippen molar-refractivity contribution in [3.63, 3.8) is 0 Å². The smallest absolute Gasteiger partial charge is 0.427 e. The van der Waals surface area contributed by atoms with E-state index in [2.05, 4.69) is 15.6 Å². The topological polar surface area (TPSA) is 88.5 Å². The summed E-state index contributed by atoms with van der Waals surface area (Å²) in [6.45, 7) is 3.67. The minimum Gasteiger partial charge on any atom is -0.449 e. The number of aryl methyl sites for hydroxylation is 1. The minimum atomic E-state index is -0.703. The van der Waals surface area contributed by atoms with E-state index in [0.29, 0.717) is 33.2 Å². The summed E-state index contributed by atoms with van der Waals surface area (Å²) in [6, 6.07) is 16.0. The molecule has 0 saturated heterocycles. The second-order valence-electron chi connectivity index (χ2n) is 5.89. The number of carbonyl (C=O) groups is 1. The number of hydrazone groups is 1. The average molecular weight is 399 g/mol. The van der Waals surface area contributed by atoms with Crippen molar-refractivity contribution in [2.24, 2.45) is 5.10 Å². The van der Waals surface area contributed by atoms with Gasteiger partial charge in [-0.05, 0) is 38.1 Å². The molecule has 0 unspecified atom stereocenters. The van der Waals surface area contributed by atoms with Gasteiger partial charge in [0.25, 0.3) is 5.56 Å². The molecule has 144 valence electrons. The zero-order chi connectivity index (χ0) is 20.1. The van der Waals surface area contributed by atoms with E-state index in [9.17, 15) is 9.59 Å². The second kappa shape index (κ2) is 8.58. The van der Waals surface area contributed by atoms with E-state index in [1.165, 1.54) is 4.68 Å². The van der Waals surface area contributed by atoms with Crippen LogP contribution in [0.1, 0.15) is 23.7 Å². The molecule has 3 rings (SSSR count). The first kappa shape index (κ1) is 19.4. The lowest BCUT2D eigenvalue weighted by atomic mass is 10.0. The third kappa shape index (κ3) is 4.15. The van der Waals surface area contributed by atoms with Gasteiger partial charge >= 0.3 is 6.09 Å². The zero-order valence-corrected chi connectivity index (χ0v) is 16.2. The molecule has 0 atom stereocenters. The number of aromatic nitrogens is 2. The Hall–Kier alpha value is -3.32. The molecule has 2 N–H and O–H groups in total. The summed E-state index contributed by atoms with van der Waals surface area (Å²) >= 11 is 5.98. The van der Waals surface area contributed by atoms with E-state index in [-0.39, 0.29) is 12.2 Å². The molecule has 3 aromatic rings. The van der Waals surface area contributed by atoms with Gasteiger partial charge in [-0.3, -0.25) is 9.89 Å². The molecule has 1 heterocycles. The van der Waals surface area contributed by atoms with Crippen LogP contribution in [0.5, 0.6) is 0 Å². The Morgan fingerprint density at radius 2 is 1.86 bits per heavy atom. The molecule has 0 spiro atoms. The number of rotatable bonds is 5. The van der Waals surface area contributed by atoms with Crippen LogP contribution in [-0.4, -0.2) is 28.2 Å². The molecule has 0 fully saturated rings. The molecule has 1 aromatic heterocycles. The van der Waals surface area contributed by atoms with E-state index in [1.807, 2.05) is 30.3 Å². The van der Waals surface area contributed by atoms with Crippen LogP contribution in [-0.2, 0) is 4.74 Å². The molecular formula is C20H19ClN4O3. The van der Waals surface area contributed by atoms with Gasteiger partial charge in [0.15, 0.2) is 0 Å². The van der Waals surface area contributed by atoms with Gasteiger partial charge in [-0.2, -0.15) is 5.10 Å². The standard InChI is InChI=1S/C20H19ClN4O3/c1-3-28-20(27)23-22-18(14-9-11-15(21)12-10-14)17-13(2)24-25(19(17)26)16-7-5-4-6-8-16/h4-12,24H,3H2,1-2H3,(H,23,27). The van der Waals surface area contributed by atoms with Crippen molar-refractivity contribution in [3.8, 4) is 5.69 Å². The summed E-state index contributed by atoms with van der Waals surface area (Å²) < 4.78 is 6.28. The third-order valence-electron chi connectivity index (χ3n) is 3.97. The van der Waals surface area contributed by atoms with E-state index < -0.39 is 6.09 Å². The maximum Gasteiger partial charge on any atom is 0.427 e. The predicted molar refractivity (Wildman–Crippen MR) is 108 cm³/mol. The number of hydrogen-bond donors (Lipinski definition) is 2. The minimum absolute atomic E-state index is 0.210. The predicted octanol–water partition coefficient (Wildman–Crippen LogP) is 3.63. The summed E-state index contributed by atoms with van der Waals surface area (Å²) in [4.78, 5) is 24.8. The van der Waals surface area contributed by atoms with Crippen LogP contribution >= 0.6 is 11.6 Å². The number of nitrogens with one attached hydrogen (secondary N) is 2. The number of para-hydroxylation sites is 1. The molecule has 0 radical (unpaired) electrons. The first-order valence-corrected chi connectivity index (χ1v) is 9.03. The number of H-pyrrole nitrogens is 1. The largest absolute Gasteiger partial charge is 0.449 e. The summed E-state index contributed by atoms with van der Waals surface area (Å²) in [5.74, 6) is 0. The first-order valence-electron chi connectivity index (χ1n) is 8.65. The lowest BCUT2D eigenvalue weighted by molar-refractivity contribution is 0.152. The normalized spacial score (nSPS) is 11.3. The fourth-order valence-corrected chi connectivity index (χ4v) is 2.85. The van der Waals surface area contributed by atoms with Crippen LogP contribution in [0.2, 0.25) is 5.02 Å². The number of amides is 1. The van der Waals surface area contributed by atoms with Crippen molar-refractivity contribution >= 4 is 23.4 Å². The van der Waals surface area contributed by atoms with Crippen molar-refractivity contribution in [3.05, 3.63) is 86.8 Å². The molecule has 0 saturated carbocycles. The molecule has 7 nitrogen and oxygen atoms in total. The van der Waals surface area contributed by atoms with Crippen molar-refractivity contribution < 1.29 is 9.53 Å². The van der Waals surface area contributed by atoms with Gasteiger partial charge < -0.3 is 4.74 Å². The van der Waals surface area contributed by atoms with Crippen LogP contribution in [0, 0.1) is 6.92 Å². The Morgan fingerprint density at radius 1 is 1.18 bits per heavy atom. The molecule has 0 aliphatic heterocycles. The SMILES string of the molecule is CCOC(=O)NN=C(c1ccc(Cl)cc1)c1c(C)[nH]n(-c2ccccc2)c1=O. The summed E-state index contributed by atoms with van der Waals surface area (Å²) in [6.07, 6.45) is -0.703. The van der Waals surface area contributed by atoms with E-state index >= 15 is 0 Å². The molecule has 8 heteroatoms. The summed E-state index contributed by atoms with van der Waals surface area (Å²) in [7, 11) is 0. The number of ether oxygens (including phenoxy) is 1. The second-order valence-corrected chi connectivity index (χ2v) is 6.32. The van der Waals surface area contributed by atoms with E-state index in [1.54, 1.807) is 38.1 Å². The van der Waals surface area contributed by atoms with Crippen LogP contribution in [0.25, 0.3) is 5.69 Å². The highest BCUT2D eigenvalue weighted by Gasteiger charge is 2.20. The fraction of sp³-hybridized carbons (Fsp3) is 0.150. The zero-order valence-electron chi connectivity index (χ0n) is 15.4. The van der Waals surface area contributed by atoms with Crippen LogP contribution in [0.15, 0.2) is 64.5 Å². The molecule has 0 aliphatic carbocycles. The first-order chi connectivity index (χ1) is 13.5. The molecule has 2 aromatic carbocycles. The molecule has 0 aliphatic rings. The van der Waals surface area contributed by atoms with Crippen LogP contribution in [0.3, 0.4) is 0 Å². The molecule has 28 heavy (non-hydrogen) atoms. The van der Waals surface area contributed by atoms with E-state index in [0.717, 1.165) is 0 Å². The molecular weight excluding hydrogens is 380 g/mol. The van der Waals surface area contributed by atoms with Gasteiger partial charge in [-0.25, -0.2) is 14.9 Å². The van der Waals surface area contributed by atoms with Crippen molar-refractivity contribution in [1.82, 2.24) is 15.2 Å². The Morgan fingerprint density at radius 3 is 2.50 bits per heavy atom. The highest BCUT2D eigenvalue weighted by atomic mass is 35.5. The van der Waals surface area contributed by atoms with Gasteiger partial charge in [0.1, 0.15) is 5.71 Å². The lowest BCUT2D eigenvalue weighted by Gasteiger charge is -2.07. The number of hydrogen-bond acceptors (Lipinski definition) is 4. The number of halogens is 1. The molecule has 1 amide bonds. The van der Waals surface area contributed by atoms with Gasteiger partial charge in [0.2, 0.25) is 0 Å². The average Bonchev–Trinajstić information content (AvgIpc) is 2.99. The number of nitrogens with zero attached hydrogens (tertiary/aromatic N) is 2. The van der Waals surface area contributed by atoms with Gasteiger partial charge in [0.05, 0.1) is 17.9 Å². The third-order valence-corrected chi connectivity index (χ3v) is 4.23. The van der Waals surface area contributed by atoms with E-state index in [4.69, 9.17) is 16.3 Å². The Bertz CT molecular complexity index is 1050. The van der Waals surface area contributed by atoms with Gasteiger partial charge in [-0.15, -0.1) is 0 Å². The molecule has 0 bridgehead atoms. The van der Waals surface area contributed by atoms with Crippen LogP contribution < -0.4 is 11.0 Å². The maximum atomic E-state index is 13.1. The highest BCUT2D eigenvalue weighted by Crippen LogP contribution is 2.16. The quantitative estimate of drug-likeness (QED) is 0.508. The Balaban J connectivity index is 2.12. The Labute approximate surface area is 166 Å². The van der Waals surface area contributed by atoms with Gasteiger partial charge in [0, 0.05) is 16.3 Å². The number of carbonyl (C=O) groups excluding carboxylic acids is 1. The monoisotopic (exact) mass is 398 g/mol. The lowest BCUT2D eigenvalue weighted by Crippen LogP contribution is -2.25. The number of benzene rings is 2. The number of aromatic amines is 1. The van der Waals surface area contributed by atoms with Crippen molar-refractivity contribution in [2.45, 2.75) is 13.8 Å². The van der Waals surface area contributed by atoms with Gasteiger partial charge in [-0.1, -0.05) is 41.9 Å². The highest BCUT2D eigenvalue weighted by molar-refractivity contribution is 6.30. The van der Waals surface area contributed by atoms with Crippen molar-refractivity contribution in [2.75, 3.05) is 6.61 Å². The fourth-order valence-electron chi connectivity index (χ4n) is 2.72. The maximum absolute atomic E-state index is 13.1. The summed E-state index contributed by atoms with van der Waals surface area (Å²) in [5.41, 5.74) is 4.60. The summed E-state index contributed by atoms with van der Waals surface area (Å²) in [5, 5.41) is 7.76. The van der Waals surface area contributed by atoms with Crippen LogP contribution in [0.4, 0.5) is 4.79 Å².